The number of furan rings is 1. The van der Waals surface area contributed by atoms with Crippen molar-refractivity contribution in [2.24, 2.45) is 0 Å². The molecule has 1 aliphatic rings. The molecule has 4 rings (SSSR count). The van der Waals surface area contributed by atoms with Gasteiger partial charge in [-0.1, -0.05) is 17.7 Å². The van der Waals surface area contributed by atoms with Gasteiger partial charge in [-0.05, 0) is 43.5 Å². The Bertz CT molecular complexity index is 777. The molecule has 0 amide bonds. The van der Waals surface area contributed by atoms with Crippen molar-refractivity contribution in [2.75, 3.05) is 11.4 Å². The first-order valence-corrected chi connectivity index (χ1v) is 7.50. The van der Waals surface area contributed by atoms with Crippen molar-refractivity contribution in [3.63, 3.8) is 0 Å². The molecule has 0 saturated heterocycles. The van der Waals surface area contributed by atoms with E-state index in [0.717, 1.165) is 19.4 Å². The van der Waals surface area contributed by atoms with Crippen molar-refractivity contribution in [3.8, 4) is 11.7 Å². The van der Waals surface area contributed by atoms with Crippen molar-refractivity contribution in [2.45, 2.75) is 26.3 Å². The van der Waals surface area contributed by atoms with Crippen LogP contribution >= 0.6 is 0 Å². The van der Waals surface area contributed by atoms with E-state index in [1.54, 1.807) is 6.26 Å². The summed E-state index contributed by atoms with van der Waals surface area (Å²) in [5.41, 5.74) is 3.98. The van der Waals surface area contributed by atoms with Gasteiger partial charge in [-0.25, -0.2) is 0 Å². The van der Waals surface area contributed by atoms with Gasteiger partial charge >= 0.3 is 0 Å². The summed E-state index contributed by atoms with van der Waals surface area (Å²) in [4.78, 5) is 2.30. The highest BCUT2D eigenvalue weighted by Crippen LogP contribution is 2.29. The minimum absolute atomic E-state index is 0.432. The number of fused-ring (bicyclic) bond motifs is 1. The van der Waals surface area contributed by atoms with E-state index in [0.29, 0.717) is 24.1 Å². The maximum atomic E-state index is 5.71. The molecule has 3 aromatic rings. The van der Waals surface area contributed by atoms with Gasteiger partial charge in [0.05, 0.1) is 12.8 Å². The monoisotopic (exact) mass is 295 g/mol. The van der Waals surface area contributed by atoms with E-state index >= 15 is 0 Å². The number of aromatic nitrogens is 2. The summed E-state index contributed by atoms with van der Waals surface area (Å²) in [6, 6.07) is 10.2. The fourth-order valence-corrected chi connectivity index (χ4v) is 2.95. The minimum Gasteiger partial charge on any atom is -0.459 e. The van der Waals surface area contributed by atoms with Crippen molar-refractivity contribution in [3.05, 3.63) is 53.6 Å². The van der Waals surface area contributed by atoms with Crippen LogP contribution in [0.2, 0.25) is 0 Å². The highest BCUT2D eigenvalue weighted by atomic mass is 16.4. The second-order valence-corrected chi connectivity index (χ2v) is 5.64. The number of benzene rings is 1. The molecule has 0 spiro atoms. The number of aryl methyl sites for hydroxylation is 2. The van der Waals surface area contributed by atoms with Crippen molar-refractivity contribution < 1.29 is 8.83 Å². The first-order chi connectivity index (χ1) is 10.8. The van der Waals surface area contributed by atoms with E-state index in [9.17, 15) is 0 Å². The average Bonchev–Trinajstić information content (AvgIpc) is 3.18. The molecule has 5 heteroatoms. The van der Waals surface area contributed by atoms with Gasteiger partial charge in [0.25, 0.3) is 5.89 Å². The molecule has 3 heterocycles. The van der Waals surface area contributed by atoms with Gasteiger partial charge in [-0.2, -0.15) is 0 Å². The molecule has 5 nitrogen and oxygen atoms in total. The van der Waals surface area contributed by atoms with E-state index in [2.05, 4.69) is 40.2 Å². The van der Waals surface area contributed by atoms with E-state index < -0.39 is 0 Å². The maximum absolute atomic E-state index is 5.71. The van der Waals surface area contributed by atoms with E-state index in [4.69, 9.17) is 8.83 Å². The minimum atomic E-state index is 0.432. The van der Waals surface area contributed by atoms with Gasteiger partial charge < -0.3 is 13.7 Å². The lowest BCUT2D eigenvalue weighted by atomic mass is 10.00. The number of anilines is 1. The highest BCUT2D eigenvalue weighted by Gasteiger charge is 2.20. The normalized spacial score (nSPS) is 14.1. The molecule has 22 heavy (non-hydrogen) atoms. The fourth-order valence-electron chi connectivity index (χ4n) is 2.95. The predicted molar refractivity (Wildman–Crippen MR) is 82.6 cm³/mol. The molecule has 0 saturated carbocycles. The van der Waals surface area contributed by atoms with Gasteiger partial charge in [-0.3, -0.25) is 0 Å². The molecule has 0 bridgehead atoms. The van der Waals surface area contributed by atoms with Gasteiger partial charge in [-0.15, -0.1) is 10.2 Å². The lowest BCUT2D eigenvalue weighted by molar-refractivity contribution is 0.472. The molecule has 0 fully saturated rings. The quantitative estimate of drug-likeness (QED) is 0.739. The maximum Gasteiger partial charge on any atom is 0.283 e. The molecule has 2 aromatic heterocycles. The Morgan fingerprint density at radius 1 is 1.23 bits per heavy atom. The van der Waals surface area contributed by atoms with Crippen molar-refractivity contribution in [1.29, 1.82) is 0 Å². The molecule has 0 N–H and O–H groups in total. The second kappa shape index (κ2) is 5.33. The van der Waals surface area contributed by atoms with Gasteiger partial charge in [0.15, 0.2) is 5.76 Å². The molecule has 0 aliphatic carbocycles. The molecular formula is C17H17N3O2. The van der Waals surface area contributed by atoms with Crippen LogP contribution in [0.25, 0.3) is 11.7 Å². The van der Waals surface area contributed by atoms with Crippen LogP contribution in [0.3, 0.4) is 0 Å². The van der Waals surface area contributed by atoms with Crippen LogP contribution in [0, 0.1) is 6.92 Å². The third-order valence-electron chi connectivity index (χ3n) is 3.97. The summed E-state index contributed by atoms with van der Waals surface area (Å²) in [7, 11) is 0. The molecule has 112 valence electrons. The summed E-state index contributed by atoms with van der Waals surface area (Å²) < 4.78 is 11.0. The van der Waals surface area contributed by atoms with Crippen molar-refractivity contribution >= 4 is 5.69 Å². The Labute approximate surface area is 128 Å². The Kier molecular flexibility index (Phi) is 3.18. The molecule has 0 radical (unpaired) electrons. The van der Waals surface area contributed by atoms with Gasteiger partial charge in [0, 0.05) is 12.2 Å². The largest absolute Gasteiger partial charge is 0.459 e. The zero-order valence-corrected chi connectivity index (χ0v) is 12.5. The standard InChI is InChI=1S/C17H17N3O2/c1-12-6-7-14-13(10-12)4-2-8-20(14)11-16-18-19-17(22-16)15-5-3-9-21-15/h3,5-7,9-10H,2,4,8,11H2,1H3. The smallest absolute Gasteiger partial charge is 0.283 e. The Morgan fingerprint density at radius 2 is 2.18 bits per heavy atom. The van der Waals surface area contributed by atoms with Crippen LogP contribution in [0.4, 0.5) is 5.69 Å². The molecule has 1 aliphatic heterocycles. The average molecular weight is 295 g/mol. The molecule has 1 aromatic carbocycles. The van der Waals surface area contributed by atoms with Crippen LogP contribution in [-0.4, -0.2) is 16.7 Å². The van der Waals surface area contributed by atoms with E-state index in [-0.39, 0.29) is 0 Å². The number of hydrogen-bond donors (Lipinski definition) is 0. The van der Waals surface area contributed by atoms with Gasteiger partial charge in [0.1, 0.15) is 0 Å². The Morgan fingerprint density at radius 3 is 3.05 bits per heavy atom. The zero-order chi connectivity index (χ0) is 14.9. The summed E-state index contributed by atoms with van der Waals surface area (Å²) >= 11 is 0. The van der Waals surface area contributed by atoms with Crippen LogP contribution in [0.5, 0.6) is 0 Å². The topological polar surface area (TPSA) is 55.3 Å². The second-order valence-electron chi connectivity index (χ2n) is 5.64. The van der Waals surface area contributed by atoms with E-state index in [1.807, 2.05) is 12.1 Å². The highest BCUT2D eigenvalue weighted by molar-refractivity contribution is 5.56. The lowest BCUT2D eigenvalue weighted by Crippen LogP contribution is -2.29. The molecular weight excluding hydrogens is 278 g/mol. The van der Waals surface area contributed by atoms with E-state index in [1.165, 1.54) is 16.8 Å². The first kappa shape index (κ1) is 13.1. The SMILES string of the molecule is Cc1ccc2c(c1)CCCN2Cc1nnc(-c2ccco2)o1. The summed E-state index contributed by atoms with van der Waals surface area (Å²) in [5.74, 6) is 1.65. The van der Waals surface area contributed by atoms with Crippen molar-refractivity contribution in [1.82, 2.24) is 10.2 Å². The third kappa shape index (κ3) is 2.39. The van der Waals surface area contributed by atoms with Crippen LogP contribution < -0.4 is 4.90 Å². The van der Waals surface area contributed by atoms with Gasteiger partial charge in [0.2, 0.25) is 5.89 Å². The number of nitrogens with zero attached hydrogens (tertiary/aromatic N) is 3. The number of hydrogen-bond acceptors (Lipinski definition) is 5. The number of rotatable bonds is 3. The Balaban J connectivity index is 1.58. The Hall–Kier alpha value is -2.56. The predicted octanol–water partition coefficient (Wildman–Crippen LogP) is 3.59. The molecule has 0 atom stereocenters. The lowest BCUT2D eigenvalue weighted by Gasteiger charge is -2.30. The first-order valence-electron chi connectivity index (χ1n) is 7.50. The zero-order valence-electron chi connectivity index (χ0n) is 12.5. The summed E-state index contributed by atoms with van der Waals surface area (Å²) in [5, 5.41) is 8.20. The summed E-state index contributed by atoms with van der Waals surface area (Å²) in [6.45, 7) is 3.77. The van der Waals surface area contributed by atoms with Crippen LogP contribution in [0.15, 0.2) is 45.4 Å². The fraction of sp³-hybridized carbons (Fsp3) is 0.294. The molecule has 0 unspecified atom stereocenters. The van der Waals surface area contributed by atoms with Crippen LogP contribution in [-0.2, 0) is 13.0 Å². The third-order valence-corrected chi connectivity index (χ3v) is 3.97. The van der Waals surface area contributed by atoms with Crippen LogP contribution in [0.1, 0.15) is 23.4 Å². The summed E-state index contributed by atoms with van der Waals surface area (Å²) in [6.07, 6.45) is 3.88.